The van der Waals surface area contributed by atoms with Gasteiger partial charge in [0.05, 0.1) is 18.0 Å². The van der Waals surface area contributed by atoms with Crippen LogP contribution in [0.25, 0.3) is 0 Å². The van der Waals surface area contributed by atoms with Crippen LogP contribution in [0.5, 0.6) is 0 Å². The minimum absolute atomic E-state index is 0.184. The fourth-order valence-corrected chi connectivity index (χ4v) is 3.70. The van der Waals surface area contributed by atoms with Crippen molar-refractivity contribution in [1.29, 1.82) is 0 Å². The van der Waals surface area contributed by atoms with E-state index in [-0.39, 0.29) is 5.91 Å². The van der Waals surface area contributed by atoms with Gasteiger partial charge in [-0.15, -0.1) is 0 Å². The van der Waals surface area contributed by atoms with E-state index in [1.165, 1.54) is 38.5 Å². The van der Waals surface area contributed by atoms with E-state index in [9.17, 15) is 4.79 Å². The van der Waals surface area contributed by atoms with Gasteiger partial charge in [-0.1, -0.05) is 76.1 Å². The molecule has 0 saturated heterocycles. The predicted octanol–water partition coefficient (Wildman–Crippen LogP) is 2.89. The highest BCUT2D eigenvalue weighted by molar-refractivity contribution is 5.81. The van der Waals surface area contributed by atoms with E-state index >= 15 is 0 Å². The van der Waals surface area contributed by atoms with Crippen molar-refractivity contribution in [1.82, 2.24) is 15.3 Å². The van der Waals surface area contributed by atoms with Crippen LogP contribution in [0.1, 0.15) is 75.1 Å². The Bertz CT molecular complexity index is 742. The van der Waals surface area contributed by atoms with E-state index in [2.05, 4.69) is 22.2 Å². The summed E-state index contributed by atoms with van der Waals surface area (Å²) in [6.45, 7) is 2.67. The summed E-state index contributed by atoms with van der Waals surface area (Å²) in [6.07, 6.45) is 13.9. The first-order valence-electron chi connectivity index (χ1n) is 11.6. The summed E-state index contributed by atoms with van der Waals surface area (Å²) >= 11 is 0. The summed E-state index contributed by atoms with van der Waals surface area (Å²) in [5.41, 5.74) is 20.9. The number of imidazole rings is 1. The number of nitrogens with one attached hydrogen (secondary N) is 2. The number of rotatable bonds is 15. The number of aromatic nitrogens is 2. The van der Waals surface area contributed by atoms with Gasteiger partial charge < -0.3 is 27.5 Å². The Balaban J connectivity index is 1.68. The van der Waals surface area contributed by atoms with Crippen molar-refractivity contribution in [2.75, 3.05) is 0 Å². The van der Waals surface area contributed by atoms with Crippen LogP contribution in [0.2, 0.25) is 0 Å². The third-order valence-corrected chi connectivity index (χ3v) is 5.60. The molecular formula is C24H40N6O. The van der Waals surface area contributed by atoms with Gasteiger partial charge in [0.15, 0.2) is 0 Å². The van der Waals surface area contributed by atoms with Crippen molar-refractivity contribution in [2.45, 2.75) is 89.4 Å². The van der Waals surface area contributed by atoms with E-state index in [1.54, 1.807) is 12.5 Å². The zero-order chi connectivity index (χ0) is 22.5. The van der Waals surface area contributed by atoms with Gasteiger partial charge in [0, 0.05) is 31.3 Å². The number of aromatic amines is 1. The zero-order valence-corrected chi connectivity index (χ0v) is 18.9. The molecule has 0 bridgehead atoms. The van der Waals surface area contributed by atoms with E-state index in [4.69, 9.17) is 17.2 Å². The molecule has 31 heavy (non-hydrogen) atoms. The average molecular weight is 429 g/mol. The number of hydrogen-bond donors (Lipinski definition) is 5. The van der Waals surface area contributed by atoms with Crippen LogP contribution in [-0.2, 0) is 24.2 Å². The van der Waals surface area contributed by atoms with Crippen molar-refractivity contribution in [3.63, 3.8) is 0 Å². The van der Waals surface area contributed by atoms with Gasteiger partial charge in [-0.25, -0.2) is 4.98 Å². The molecular weight excluding hydrogens is 388 g/mol. The van der Waals surface area contributed by atoms with Gasteiger partial charge in [-0.3, -0.25) is 4.79 Å². The summed E-state index contributed by atoms with van der Waals surface area (Å²) in [5.74, 6) is -0.184. The van der Waals surface area contributed by atoms with Gasteiger partial charge in [0.1, 0.15) is 0 Å². The minimum Gasteiger partial charge on any atom is -0.351 e. The Morgan fingerprint density at radius 3 is 2.35 bits per heavy atom. The van der Waals surface area contributed by atoms with Crippen molar-refractivity contribution in [2.24, 2.45) is 17.2 Å². The molecule has 0 aliphatic carbocycles. The van der Waals surface area contributed by atoms with Gasteiger partial charge in [0.25, 0.3) is 0 Å². The lowest BCUT2D eigenvalue weighted by Crippen LogP contribution is -2.51. The molecule has 1 heterocycles. The molecule has 7 nitrogen and oxygen atoms in total. The molecule has 7 heteroatoms. The predicted molar refractivity (Wildman–Crippen MR) is 126 cm³/mol. The first-order valence-corrected chi connectivity index (χ1v) is 11.6. The summed E-state index contributed by atoms with van der Waals surface area (Å²) in [5, 5.41) is 2.88. The molecule has 1 aromatic heterocycles. The number of hydrogen-bond acceptors (Lipinski definition) is 5. The number of benzene rings is 1. The number of carbonyl (C=O) groups is 1. The molecule has 2 aromatic rings. The quantitative estimate of drug-likeness (QED) is 0.219. The summed E-state index contributed by atoms with van der Waals surface area (Å²) < 4.78 is 0. The smallest absolute Gasteiger partial charge is 0.237 e. The average Bonchev–Trinajstić information content (AvgIpc) is 3.25. The molecule has 0 spiro atoms. The highest BCUT2D eigenvalue weighted by Crippen LogP contribution is 2.16. The Kier molecular flexibility index (Phi) is 10.7. The van der Waals surface area contributed by atoms with E-state index in [1.807, 2.05) is 24.3 Å². The molecule has 0 radical (unpaired) electrons. The molecule has 0 unspecified atom stereocenters. The second-order valence-electron chi connectivity index (χ2n) is 8.70. The Hall–Kier alpha value is -2.22. The SMILES string of the molecule is CCCCCCCCCC(N)(N)Cc1ccc(CNC(=O)[C@@H](N)Cc2cnc[nH]2)cc1. The molecule has 0 aliphatic rings. The monoisotopic (exact) mass is 428 g/mol. The molecule has 172 valence electrons. The van der Waals surface area contributed by atoms with Crippen molar-refractivity contribution < 1.29 is 4.79 Å². The zero-order valence-electron chi connectivity index (χ0n) is 18.9. The standard InChI is InChI=1S/C24H40N6O/c1-2-3-4-5-6-7-8-13-24(26,27)15-19-9-11-20(12-10-19)16-29-23(31)22(25)14-21-17-28-18-30-21/h9-12,17-18,22H,2-8,13-16,25-27H2,1H3,(H,28,30)(H,29,31)/t22-/m0/s1. The van der Waals surface area contributed by atoms with E-state index in [0.29, 0.717) is 19.4 Å². The Labute approximate surface area is 186 Å². The molecule has 0 aliphatic heterocycles. The third kappa shape index (κ3) is 10.1. The molecule has 2 rings (SSSR count). The summed E-state index contributed by atoms with van der Waals surface area (Å²) in [7, 11) is 0. The number of unbranched alkanes of at least 4 members (excludes halogenated alkanes) is 6. The lowest BCUT2D eigenvalue weighted by Gasteiger charge is -2.25. The molecule has 1 aromatic carbocycles. The molecule has 8 N–H and O–H groups in total. The van der Waals surface area contributed by atoms with Crippen LogP contribution in [0.15, 0.2) is 36.8 Å². The fraction of sp³-hybridized carbons (Fsp3) is 0.583. The molecule has 1 amide bonds. The lowest BCUT2D eigenvalue weighted by molar-refractivity contribution is -0.122. The summed E-state index contributed by atoms with van der Waals surface area (Å²) in [6, 6.07) is 7.46. The second-order valence-corrected chi connectivity index (χ2v) is 8.70. The summed E-state index contributed by atoms with van der Waals surface area (Å²) in [4.78, 5) is 19.1. The topological polar surface area (TPSA) is 136 Å². The Morgan fingerprint density at radius 1 is 1.06 bits per heavy atom. The number of amides is 1. The minimum atomic E-state index is -0.682. The van der Waals surface area contributed by atoms with Gasteiger partial charge in [0.2, 0.25) is 5.91 Å². The first-order chi connectivity index (χ1) is 14.9. The largest absolute Gasteiger partial charge is 0.351 e. The maximum absolute atomic E-state index is 12.2. The number of carbonyl (C=O) groups excluding carboxylic acids is 1. The van der Waals surface area contributed by atoms with Gasteiger partial charge in [-0.05, 0) is 17.5 Å². The van der Waals surface area contributed by atoms with Crippen molar-refractivity contribution in [3.8, 4) is 0 Å². The maximum Gasteiger partial charge on any atom is 0.237 e. The van der Waals surface area contributed by atoms with Crippen LogP contribution >= 0.6 is 0 Å². The fourth-order valence-electron chi connectivity index (χ4n) is 3.70. The highest BCUT2D eigenvalue weighted by Gasteiger charge is 2.19. The third-order valence-electron chi connectivity index (χ3n) is 5.60. The van der Waals surface area contributed by atoms with Crippen molar-refractivity contribution in [3.05, 3.63) is 53.6 Å². The Morgan fingerprint density at radius 2 is 1.71 bits per heavy atom. The van der Waals surface area contributed by atoms with Gasteiger partial charge in [-0.2, -0.15) is 0 Å². The van der Waals surface area contributed by atoms with E-state index < -0.39 is 11.7 Å². The maximum atomic E-state index is 12.2. The van der Waals surface area contributed by atoms with Crippen LogP contribution in [-0.4, -0.2) is 27.6 Å². The second kappa shape index (κ2) is 13.2. The van der Waals surface area contributed by atoms with E-state index in [0.717, 1.165) is 29.7 Å². The van der Waals surface area contributed by atoms with Crippen LogP contribution in [0.3, 0.4) is 0 Å². The number of H-pyrrole nitrogens is 1. The molecule has 0 saturated carbocycles. The van der Waals surface area contributed by atoms with Crippen molar-refractivity contribution >= 4 is 5.91 Å². The lowest BCUT2D eigenvalue weighted by atomic mass is 9.94. The van der Waals surface area contributed by atoms with Gasteiger partial charge >= 0.3 is 0 Å². The first kappa shape index (κ1) is 25.0. The van der Waals surface area contributed by atoms with Crippen LogP contribution < -0.4 is 22.5 Å². The molecule has 1 atom stereocenters. The van der Waals surface area contributed by atoms with Crippen LogP contribution in [0.4, 0.5) is 0 Å². The normalized spacial score (nSPS) is 12.6. The number of nitrogens with zero attached hydrogens (tertiary/aromatic N) is 1. The highest BCUT2D eigenvalue weighted by atomic mass is 16.2. The number of nitrogens with two attached hydrogens (primary N) is 3. The molecule has 0 fully saturated rings. The van der Waals surface area contributed by atoms with Crippen LogP contribution in [0, 0.1) is 0 Å².